The number of aliphatic hydroxyl groups excluding tert-OH is 1. The lowest BCUT2D eigenvalue weighted by Crippen LogP contribution is -2.45. The predicted molar refractivity (Wildman–Crippen MR) is 99.4 cm³/mol. The third-order valence-electron chi connectivity index (χ3n) is 4.88. The molecule has 1 unspecified atom stereocenters. The maximum absolute atomic E-state index is 12.6. The van der Waals surface area contributed by atoms with Crippen LogP contribution in [0.5, 0.6) is 0 Å². The first kappa shape index (κ1) is 18.9. The largest absolute Gasteiger partial charge is 0.392 e. The van der Waals surface area contributed by atoms with Gasteiger partial charge in [-0.05, 0) is 51.7 Å². The van der Waals surface area contributed by atoms with Crippen LogP contribution in [0.1, 0.15) is 55.7 Å². The van der Waals surface area contributed by atoms with Crippen molar-refractivity contribution < 1.29 is 9.90 Å². The van der Waals surface area contributed by atoms with E-state index in [-0.39, 0.29) is 5.91 Å². The third-order valence-corrected chi connectivity index (χ3v) is 4.88. The van der Waals surface area contributed by atoms with Crippen LogP contribution in [0.25, 0.3) is 0 Å². The van der Waals surface area contributed by atoms with Crippen molar-refractivity contribution in [1.29, 1.82) is 0 Å². The maximum atomic E-state index is 12.6. The molecule has 1 aliphatic rings. The molecule has 1 atom stereocenters. The van der Waals surface area contributed by atoms with E-state index in [1.807, 2.05) is 13.8 Å². The minimum atomic E-state index is -0.414. The van der Waals surface area contributed by atoms with E-state index in [0.29, 0.717) is 19.1 Å². The van der Waals surface area contributed by atoms with E-state index in [1.165, 1.54) is 24.8 Å². The van der Waals surface area contributed by atoms with Crippen molar-refractivity contribution in [2.45, 2.75) is 71.9 Å². The highest BCUT2D eigenvalue weighted by atomic mass is 16.3. The number of amides is 1. The van der Waals surface area contributed by atoms with Gasteiger partial charge in [0, 0.05) is 18.3 Å². The Kier molecular flexibility index (Phi) is 6.81. The predicted octanol–water partition coefficient (Wildman–Crippen LogP) is 3.57. The van der Waals surface area contributed by atoms with Crippen molar-refractivity contribution in [2.75, 3.05) is 18.4 Å². The zero-order valence-electron chi connectivity index (χ0n) is 15.6. The molecule has 0 radical (unpaired) electrons. The second kappa shape index (κ2) is 8.63. The van der Waals surface area contributed by atoms with Gasteiger partial charge in [0.1, 0.15) is 0 Å². The van der Waals surface area contributed by atoms with Crippen molar-refractivity contribution in [3.63, 3.8) is 0 Å². The lowest BCUT2D eigenvalue weighted by Gasteiger charge is -2.34. The minimum Gasteiger partial charge on any atom is -0.392 e. The average molecular weight is 332 g/mol. The Morgan fingerprint density at radius 3 is 2.33 bits per heavy atom. The Balaban J connectivity index is 2.04. The van der Waals surface area contributed by atoms with Gasteiger partial charge in [-0.2, -0.15) is 0 Å². The fourth-order valence-electron chi connectivity index (χ4n) is 3.87. The molecule has 1 fully saturated rings. The molecule has 4 nitrogen and oxygen atoms in total. The minimum absolute atomic E-state index is 0.0104. The third kappa shape index (κ3) is 5.32. The van der Waals surface area contributed by atoms with Crippen molar-refractivity contribution in [2.24, 2.45) is 0 Å². The van der Waals surface area contributed by atoms with Crippen molar-refractivity contribution in [3.05, 3.63) is 28.8 Å². The Hall–Kier alpha value is -1.39. The number of carbonyl (C=O) groups excluding carboxylic acids is 1. The number of nitrogens with one attached hydrogen (secondary N) is 1. The lowest BCUT2D eigenvalue weighted by atomic mass is 9.94. The van der Waals surface area contributed by atoms with Crippen molar-refractivity contribution in [1.82, 2.24) is 4.90 Å². The van der Waals surface area contributed by atoms with E-state index in [1.54, 1.807) is 6.92 Å². The van der Waals surface area contributed by atoms with E-state index in [0.717, 1.165) is 29.7 Å². The first-order valence-electron chi connectivity index (χ1n) is 9.16. The van der Waals surface area contributed by atoms with Gasteiger partial charge in [-0.15, -0.1) is 0 Å². The normalized spacial score (nSPS) is 17.1. The summed E-state index contributed by atoms with van der Waals surface area (Å²) in [6.07, 6.45) is 5.57. The van der Waals surface area contributed by atoms with Gasteiger partial charge in [0.2, 0.25) is 5.91 Å². The quantitative estimate of drug-likeness (QED) is 0.837. The molecule has 1 amide bonds. The zero-order valence-corrected chi connectivity index (χ0v) is 15.6. The molecule has 0 aromatic heterocycles. The van der Waals surface area contributed by atoms with Gasteiger partial charge in [0.05, 0.1) is 12.6 Å². The van der Waals surface area contributed by atoms with E-state index in [2.05, 4.69) is 29.3 Å². The summed E-state index contributed by atoms with van der Waals surface area (Å²) < 4.78 is 0. The highest BCUT2D eigenvalue weighted by Crippen LogP contribution is 2.24. The van der Waals surface area contributed by atoms with Gasteiger partial charge < -0.3 is 10.4 Å². The molecule has 1 saturated carbocycles. The molecule has 24 heavy (non-hydrogen) atoms. The number of benzene rings is 1. The van der Waals surface area contributed by atoms with Crippen LogP contribution >= 0.6 is 0 Å². The summed E-state index contributed by atoms with van der Waals surface area (Å²) in [6.45, 7) is 8.84. The smallest absolute Gasteiger partial charge is 0.238 e. The molecule has 134 valence electrons. The molecule has 0 aliphatic heterocycles. The van der Waals surface area contributed by atoms with Crippen LogP contribution < -0.4 is 5.32 Å². The monoisotopic (exact) mass is 332 g/mol. The summed E-state index contributed by atoms with van der Waals surface area (Å²) >= 11 is 0. The molecule has 0 bridgehead atoms. The van der Waals surface area contributed by atoms with Crippen LogP contribution in [0, 0.1) is 20.8 Å². The number of aliphatic hydroxyl groups is 1. The number of anilines is 1. The first-order valence-corrected chi connectivity index (χ1v) is 9.16. The molecule has 1 aromatic rings. The zero-order chi connectivity index (χ0) is 17.7. The SMILES string of the molecule is Cc1cc(C)c(NC(=O)CN(CC(C)O)C2CCCCC2)c(C)c1. The lowest BCUT2D eigenvalue weighted by molar-refractivity contribution is -0.118. The fraction of sp³-hybridized carbons (Fsp3) is 0.650. The number of hydrogen-bond donors (Lipinski definition) is 2. The van der Waals surface area contributed by atoms with E-state index in [4.69, 9.17) is 0 Å². The van der Waals surface area contributed by atoms with E-state index in [9.17, 15) is 9.90 Å². The number of carbonyl (C=O) groups is 1. The molecular weight excluding hydrogens is 300 g/mol. The van der Waals surface area contributed by atoms with Gasteiger partial charge in [0.25, 0.3) is 0 Å². The molecule has 1 aromatic carbocycles. The number of hydrogen-bond acceptors (Lipinski definition) is 3. The van der Waals surface area contributed by atoms with Crippen LogP contribution in [-0.4, -0.2) is 41.1 Å². The second-order valence-electron chi connectivity index (χ2n) is 7.39. The van der Waals surface area contributed by atoms with Crippen LogP contribution in [-0.2, 0) is 4.79 Å². The Bertz CT molecular complexity index is 540. The molecule has 2 rings (SSSR count). The second-order valence-corrected chi connectivity index (χ2v) is 7.39. The summed E-state index contributed by atoms with van der Waals surface area (Å²) in [5.41, 5.74) is 4.33. The molecule has 2 N–H and O–H groups in total. The van der Waals surface area contributed by atoms with E-state index >= 15 is 0 Å². The summed E-state index contributed by atoms with van der Waals surface area (Å²) in [4.78, 5) is 14.8. The highest BCUT2D eigenvalue weighted by Gasteiger charge is 2.24. The first-order chi connectivity index (χ1) is 11.4. The highest BCUT2D eigenvalue weighted by molar-refractivity contribution is 5.93. The van der Waals surface area contributed by atoms with Crippen LogP contribution in [0.4, 0.5) is 5.69 Å². The van der Waals surface area contributed by atoms with Crippen LogP contribution in [0.15, 0.2) is 12.1 Å². The fourth-order valence-corrected chi connectivity index (χ4v) is 3.87. The molecule has 1 aliphatic carbocycles. The van der Waals surface area contributed by atoms with Crippen LogP contribution in [0.3, 0.4) is 0 Å². The van der Waals surface area contributed by atoms with Gasteiger partial charge in [-0.3, -0.25) is 9.69 Å². The van der Waals surface area contributed by atoms with Crippen LogP contribution in [0.2, 0.25) is 0 Å². The number of aryl methyl sites for hydroxylation is 3. The Labute approximate surface area is 146 Å². The van der Waals surface area contributed by atoms with Gasteiger partial charge in [0.15, 0.2) is 0 Å². The van der Waals surface area contributed by atoms with Gasteiger partial charge in [-0.25, -0.2) is 0 Å². The topological polar surface area (TPSA) is 52.6 Å². The van der Waals surface area contributed by atoms with Crippen molar-refractivity contribution in [3.8, 4) is 0 Å². The Morgan fingerprint density at radius 2 is 1.79 bits per heavy atom. The summed E-state index contributed by atoms with van der Waals surface area (Å²) in [7, 11) is 0. The standard InChI is InChI=1S/C20H32N2O2/c1-14-10-15(2)20(16(3)11-14)21-19(24)13-22(12-17(4)23)18-8-6-5-7-9-18/h10-11,17-18,23H,5-9,12-13H2,1-4H3,(H,21,24). The molecule has 4 heteroatoms. The number of nitrogens with zero attached hydrogens (tertiary/aromatic N) is 1. The molecule has 0 spiro atoms. The summed E-state index contributed by atoms with van der Waals surface area (Å²) in [6, 6.07) is 4.61. The average Bonchev–Trinajstić information content (AvgIpc) is 2.50. The number of rotatable bonds is 6. The summed E-state index contributed by atoms with van der Waals surface area (Å²) in [5, 5.41) is 12.9. The maximum Gasteiger partial charge on any atom is 0.238 e. The molecule has 0 saturated heterocycles. The Morgan fingerprint density at radius 1 is 1.21 bits per heavy atom. The van der Waals surface area contributed by atoms with E-state index < -0.39 is 6.10 Å². The van der Waals surface area contributed by atoms with Crippen molar-refractivity contribution >= 4 is 11.6 Å². The molecular formula is C20H32N2O2. The molecule has 0 heterocycles. The summed E-state index contributed by atoms with van der Waals surface area (Å²) in [5.74, 6) is 0.0104. The van der Waals surface area contributed by atoms with Gasteiger partial charge >= 0.3 is 0 Å². The van der Waals surface area contributed by atoms with Gasteiger partial charge in [-0.1, -0.05) is 37.0 Å².